The van der Waals surface area contributed by atoms with Gasteiger partial charge in [0.2, 0.25) is 5.82 Å². The molecule has 0 radical (unpaired) electrons. The summed E-state index contributed by atoms with van der Waals surface area (Å²) >= 11 is 0. The Hall–Kier alpha value is -1.74. The van der Waals surface area contributed by atoms with E-state index in [1.165, 1.54) is 7.05 Å². The van der Waals surface area contributed by atoms with Crippen molar-refractivity contribution < 1.29 is 26.3 Å². The first-order valence-electron chi connectivity index (χ1n) is 4.98. The smallest absolute Gasteiger partial charge is 0.384 e. The van der Waals surface area contributed by atoms with Crippen molar-refractivity contribution in [3.63, 3.8) is 0 Å². The number of nitrogen functional groups attached to an aromatic ring is 1. The van der Waals surface area contributed by atoms with Crippen LogP contribution in [0.2, 0.25) is 0 Å². The van der Waals surface area contributed by atoms with Crippen molar-refractivity contribution in [2.45, 2.75) is 18.8 Å². The van der Waals surface area contributed by atoms with E-state index < -0.39 is 37.0 Å². The molecule has 0 atom stereocenters. The zero-order valence-corrected chi connectivity index (χ0v) is 9.68. The summed E-state index contributed by atoms with van der Waals surface area (Å²) in [5.74, 6) is -2.26. The van der Waals surface area contributed by atoms with Gasteiger partial charge in [0.25, 0.3) is 0 Å². The Kier molecular flexibility index (Phi) is 4.11. The Morgan fingerprint density at radius 1 is 1.16 bits per heavy atom. The molecule has 19 heavy (non-hydrogen) atoms. The molecule has 0 bridgehead atoms. The van der Waals surface area contributed by atoms with Gasteiger partial charge in [-0.2, -0.15) is 26.3 Å². The van der Waals surface area contributed by atoms with Crippen molar-refractivity contribution in [1.29, 1.82) is 0 Å². The molecule has 1 heterocycles. The van der Waals surface area contributed by atoms with Crippen LogP contribution in [0, 0.1) is 0 Å². The van der Waals surface area contributed by atoms with E-state index >= 15 is 0 Å². The number of nitrogens with zero attached hydrogens (tertiary/aromatic N) is 3. The van der Waals surface area contributed by atoms with Crippen molar-refractivity contribution in [3.8, 4) is 0 Å². The third-order valence-corrected chi connectivity index (χ3v) is 2.11. The standard InChI is InChI=1S/C9H10F6N4/c1-19(3-2-8(10,11)12)6-4-5(16)17-7(18-6)9(13,14)15/h4H,2-3H2,1H3,(H2,16,17,18). The lowest BCUT2D eigenvalue weighted by Crippen LogP contribution is -2.26. The summed E-state index contributed by atoms with van der Waals surface area (Å²) in [7, 11) is 1.19. The summed E-state index contributed by atoms with van der Waals surface area (Å²) in [4.78, 5) is 7.07. The molecule has 108 valence electrons. The molecule has 0 aliphatic heterocycles. The second kappa shape index (κ2) is 5.10. The fraction of sp³-hybridized carbons (Fsp3) is 0.556. The highest BCUT2D eigenvalue weighted by Gasteiger charge is 2.35. The minimum absolute atomic E-state index is 0.316. The van der Waals surface area contributed by atoms with Crippen LogP contribution in [0.4, 0.5) is 38.0 Å². The maximum atomic E-state index is 12.4. The number of anilines is 2. The number of rotatable bonds is 3. The SMILES string of the molecule is CN(CCC(F)(F)F)c1cc(N)nc(C(F)(F)F)n1. The average molecular weight is 288 g/mol. The number of hydrogen-bond donors (Lipinski definition) is 1. The van der Waals surface area contributed by atoms with Crippen molar-refractivity contribution in [2.24, 2.45) is 0 Å². The molecule has 0 saturated carbocycles. The second-order valence-corrected chi connectivity index (χ2v) is 3.76. The van der Waals surface area contributed by atoms with Gasteiger partial charge in [-0.3, -0.25) is 0 Å². The second-order valence-electron chi connectivity index (χ2n) is 3.76. The Labute approximate surface area is 104 Å². The van der Waals surface area contributed by atoms with Crippen LogP contribution >= 0.6 is 0 Å². The highest BCUT2D eigenvalue weighted by atomic mass is 19.4. The van der Waals surface area contributed by atoms with E-state index in [0.29, 0.717) is 0 Å². The maximum absolute atomic E-state index is 12.4. The van der Waals surface area contributed by atoms with Crippen LogP contribution in [0.3, 0.4) is 0 Å². The topological polar surface area (TPSA) is 55.0 Å². The molecule has 0 aromatic carbocycles. The molecule has 0 fully saturated rings. The van der Waals surface area contributed by atoms with E-state index in [2.05, 4.69) is 9.97 Å². The molecule has 0 spiro atoms. The van der Waals surface area contributed by atoms with Gasteiger partial charge in [-0.1, -0.05) is 0 Å². The van der Waals surface area contributed by atoms with E-state index in [1.54, 1.807) is 0 Å². The van der Waals surface area contributed by atoms with Crippen LogP contribution in [0.5, 0.6) is 0 Å². The van der Waals surface area contributed by atoms with E-state index in [9.17, 15) is 26.3 Å². The van der Waals surface area contributed by atoms with Crippen molar-refractivity contribution in [3.05, 3.63) is 11.9 Å². The van der Waals surface area contributed by atoms with Crippen LogP contribution in [0.15, 0.2) is 6.07 Å². The fourth-order valence-electron chi connectivity index (χ4n) is 1.18. The van der Waals surface area contributed by atoms with Gasteiger partial charge in [0.1, 0.15) is 11.6 Å². The van der Waals surface area contributed by atoms with E-state index in [-0.39, 0.29) is 5.82 Å². The molecular weight excluding hydrogens is 278 g/mol. The molecule has 4 nitrogen and oxygen atoms in total. The van der Waals surface area contributed by atoms with Gasteiger partial charge in [0.15, 0.2) is 0 Å². The number of alkyl halides is 6. The van der Waals surface area contributed by atoms with Crippen molar-refractivity contribution >= 4 is 11.6 Å². The highest BCUT2D eigenvalue weighted by molar-refractivity contribution is 5.46. The van der Waals surface area contributed by atoms with E-state index in [4.69, 9.17) is 5.73 Å². The van der Waals surface area contributed by atoms with Crippen LogP contribution in [-0.2, 0) is 6.18 Å². The molecular formula is C9H10F6N4. The van der Waals surface area contributed by atoms with Gasteiger partial charge < -0.3 is 10.6 Å². The summed E-state index contributed by atoms with van der Waals surface area (Å²) in [6, 6.07) is 0.978. The lowest BCUT2D eigenvalue weighted by Gasteiger charge is -2.20. The molecule has 1 rings (SSSR count). The Bertz CT molecular complexity index is 441. The fourth-order valence-corrected chi connectivity index (χ4v) is 1.18. The summed E-state index contributed by atoms with van der Waals surface area (Å²) in [5, 5.41) is 0. The van der Waals surface area contributed by atoms with Crippen LogP contribution in [0.25, 0.3) is 0 Å². The molecule has 0 saturated heterocycles. The quantitative estimate of drug-likeness (QED) is 0.868. The number of halogens is 6. The molecule has 0 aliphatic carbocycles. The minimum atomic E-state index is -4.81. The Balaban J connectivity index is 2.91. The molecule has 1 aromatic heterocycles. The zero-order chi connectivity index (χ0) is 14.8. The minimum Gasteiger partial charge on any atom is -0.384 e. The van der Waals surface area contributed by atoms with Crippen molar-refractivity contribution in [2.75, 3.05) is 24.2 Å². The summed E-state index contributed by atoms with van der Waals surface area (Å²) in [5.41, 5.74) is 5.18. The first kappa shape index (κ1) is 15.3. The van der Waals surface area contributed by atoms with Gasteiger partial charge in [0, 0.05) is 19.7 Å². The monoisotopic (exact) mass is 288 g/mol. The zero-order valence-electron chi connectivity index (χ0n) is 9.68. The molecule has 1 aromatic rings. The van der Waals surface area contributed by atoms with Crippen LogP contribution in [0.1, 0.15) is 12.2 Å². The van der Waals surface area contributed by atoms with E-state index in [1.807, 2.05) is 0 Å². The highest BCUT2D eigenvalue weighted by Crippen LogP contribution is 2.28. The summed E-state index contributed by atoms with van der Waals surface area (Å²) in [6.07, 6.45) is -10.4. The van der Waals surface area contributed by atoms with Gasteiger partial charge in [0.05, 0.1) is 6.42 Å². The lowest BCUT2D eigenvalue weighted by atomic mass is 10.3. The third-order valence-electron chi connectivity index (χ3n) is 2.11. The average Bonchev–Trinajstić information content (AvgIpc) is 2.22. The van der Waals surface area contributed by atoms with Gasteiger partial charge >= 0.3 is 12.4 Å². The molecule has 0 aliphatic rings. The largest absolute Gasteiger partial charge is 0.451 e. The van der Waals surface area contributed by atoms with E-state index in [0.717, 1.165) is 11.0 Å². The summed E-state index contributed by atoms with van der Waals surface area (Å²) < 4.78 is 73.3. The molecule has 0 amide bonds. The summed E-state index contributed by atoms with van der Waals surface area (Å²) in [6.45, 7) is -0.531. The normalized spacial score (nSPS) is 12.6. The first-order valence-corrected chi connectivity index (χ1v) is 4.98. The van der Waals surface area contributed by atoms with Gasteiger partial charge in [-0.25, -0.2) is 9.97 Å². The van der Waals surface area contributed by atoms with Gasteiger partial charge in [-0.05, 0) is 0 Å². The van der Waals surface area contributed by atoms with Crippen molar-refractivity contribution in [1.82, 2.24) is 9.97 Å². The molecule has 10 heteroatoms. The maximum Gasteiger partial charge on any atom is 0.451 e. The number of nitrogens with two attached hydrogens (primary N) is 1. The first-order chi connectivity index (χ1) is 8.49. The Morgan fingerprint density at radius 2 is 1.74 bits per heavy atom. The predicted molar refractivity (Wildman–Crippen MR) is 55.4 cm³/mol. The molecule has 2 N–H and O–H groups in total. The van der Waals surface area contributed by atoms with Crippen LogP contribution in [-0.4, -0.2) is 29.7 Å². The number of hydrogen-bond acceptors (Lipinski definition) is 4. The predicted octanol–water partition coefficient (Wildman–Crippen LogP) is 2.47. The lowest BCUT2D eigenvalue weighted by molar-refractivity contribution is -0.144. The Morgan fingerprint density at radius 3 is 2.21 bits per heavy atom. The third kappa shape index (κ3) is 4.79. The number of aromatic nitrogens is 2. The van der Waals surface area contributed by atoms with Crippen LogP contribution < -0.4 is 10.6 Å². The molecule has 0 unspecified atom stereocenters. The van der Waals surface area contributed by atoms with Gasteiger partial charge in [-0.15, -0.1) is 0 Å².